The Balaban J connectivity index is 3.11. The minimum absolute atomic E-state index is 0.0652. The summed E-state index contributed by atoms with van der Waals surface area (Å²) < 4.78 is 47.8. The zero-order valence-corrected chi connectivity index (χ0v) is 9.97. The van der Waals surface area contributed by atoms with E-state index >= 15 is 0 Å². The second-order valence-corrected chi connectivity index (χ2v) is 6.11. The molecule has 0 saturated heterocycles. The van der Waals surface area contributed by atoms with E-state index in [1.807, 2.05) is 4.72 Å². The van der Waals surface area contributed by atoms with Gasteiger partial charge < -0.3 is 0 Å². The Morgan fingerprint density at radius 2 is 1.44 bits per heavy atom. The van der Waals surface area contributed by atoms with Crippen LogP contribution in [0.2, 0.25) is 0 Å². The Morgan fingerprint density at radius 1 is 1.00 bits per heavy atom. The first kappa shape index (κ1) is 12.7. The van der Waals surface area contributed by atoms with E-state index < -0.39 is 20.2 Å². The van der Waals surface area contributed by atoms with Crippen LogP contribution in [0.5, 0.6) is 0 Å². The molecule has 0 amide bonds. The third-order valence-corrected chi connectivity index (χ3v) is 2.57. The summed E-state index contributed by atoms with van der Waals surface area (Å²) in [6.07, 6.45) is 0.959. The van der Waals surface area contributed by atoms with Gasteiger partial charge in [-0.15, -0.1) is 0 Å². The molecule has 0 atom stereocenters. The number of benzene rings is 1. The van der Waals surface area contributed by atoms with Crippen LogP contribution in [-0.2, 0) is 20.2 Å². The highest BCUT2D eigenvalue weighted by Gasteiger charge is 2.10. The second-order valence-electron chi connectivity index (χ2n) is 3.07. The lowest BCUT2D eigenvalue weighted by molar-refractivity contribution is 0.601. The van der Waals surface area contributed by atoms with Crippen LogP contribution in [0.25, 0.3) is 0 Å². The first-order valence-electron chi connectivity index (χ1n) is 4.05. The number of para-hydroxylation sites is 2. The number of hydrogen-bond acceptors (Lipinski definition) is 4. The number of rotatable bonds is 4. The molecule has 9 heteroatoms. The third kappa shape index (κ3) is 4.47. The molecular formula is C7H11N3O4S2. The molecule has 0 spiro atoms. The van der Waals surface area contributed by atoms with Crippen molar-refractivity contribution in [2.24, 2.45) is 5.14 Å². The van der Waals surface area contributed by atoms with Gasteiger partial charge >= 0.3 is 0 Å². The molecule has 1 aromatic carbocycles. The average molecular weight is 265 g/mol. The van der Waals surface area contributed by atoms with Gasteiger partial charge in [-0.05, 0) is 12.1 Å². The number of nitrogens with two attached hydrogens (primary N) is 1. The molecule has 0 radical (unpaired) electrons. The highest BCUT2D eigenvalue weighted by Crippen LogP contribution is 2.22. The topological polar surface area (TPSA) is 118 Å². The summed E-state index contributed by atoms with van der Waals surface area (Å²) in [7, 11) is -7.42. The minimum Gasteiger partial charge on any atom is -0.282 e. The van der Waals surface area contributed by atoms with Crippen LogP contribution >= 0.6 is 0 Å². The molecule has 16 heavy (non-hydrogen) atoms. The van der Waals surface area contributed by atoms with E-state index in [-0.39, 0.29) is 11.4 Å². The van der Waals surface area contributed by atoms with Crippen LogP contribution in [0.1, 0.15) is 0 Å². The Hall–Kier alpha value is -1.32. The molecule has 0 aliphatic carbocycles. The smallest absolute Gasteiger partial charge is 0.282 e. The highest BCUT2D eigenvalue weighted by atomic mass is 32.2. The summed E-state index contributed by atoms with van der Waals surface area (Å²) in [5.74, 6) is 0. The van der Waals surface area contributed by atoms with Gasteiger partial charge in [-0.3, -0.25) is 9.44 Å². The lowest BCUT2D eigenvalue weighted by atomic mass is 10.3. The molecule has 7 nitrogen and oxygen atoms in total. The van der Waals surface area contributed by atoms with Gasteiger partial charge in [0, 0.05) is 0 Å². The zero-order chi connectivity index (χ0) is 12.4. The van der Waals surface area contributed by atoms with Crippen LogP contribution in [0.4, 0.5) is 11.4 Å². The summed E-state index contributed by atoms with van der Waals surface area (Å²) >= 11 is 0. The molecule has 0 bridgehead atoms. The van der Waals surface area contributed by atoms with Gasteiger partial charge in [-0.2, -0.15) is 8.42 Å². The Morgan fingerprint density at radius 3 is 1.81 bits per heavy atom. The summed E-state index contributed by atoms with van der Waals surface area (Å²) in [6.45, 7) is 0. The largest absolute Gasteiger partial charge is 0.296 e. The van der Waals surface area contributed by atoms with Gasteiger partial charge in [0.1, 0.15) is 0 Å². The number of sulfonamides is 1. The maximum absolute atomic E-state index is 11.0. The van der Waals surface area contributed by atoms with Crippen LogP contribution in [0.15, 0.2) is 24.3 Å². The summed E-state index contributed by atoms with van der Waals surface area (Å²) in [6, 6.07) is 5.90. The molecule has 1 aromatic rings. The van der Waals surface area contributed by atoms with E-state index in [0.29, 0.717) is 0 Å². The standard InChI is InChI=1S/C7H11N3O4S2/c1-15(11,12)9-6-4-2-3-5-7(6)10-16(8,13)14/h2-5,9-10H,1H3,(H2,8,13,14). The SMILES string of the molecule is CS(=O)(=O)Nc1ccccc1NS(N)(=O)=O. The molecular weight excluding hydrogens is 254 g/mol. The molecule has 90 valence electrons. The van der Waals surface area contributed by atoms with E-state index in [9.17, 15) is 16.8 Å². The van der Waals surface area contributed by atoms with Crippen molar-refractivity contribution in [3.05, 3.63) is 24.3 Å². The maximum Gasteiger partial charge on any atom is 0.296 e. The second kappa shape index (κ2) is 4.28. The van der Waals surface area contributed by atoms with Crippen molar-refractivity contribution in [1.82, 2.24) is 0 Å². The van der Waals surface area contributed by atoms with E-state index in [1.54, 1.807) is 12.1 Å². The van der Waals surface area contributed by atoms with Gasteiger partial charge in [0.05, 0.1) is 17.6 Å². The molecule has 0 aliphatic rings. The molecule has 0 fully saturated rings. The van der Waals surface area contributed by atoms with Crippen LogP contribution < -0.4 is 14.6 Å². The van der Waals surface area contributed by atoms with E-state index in [1.165, 1.54) is 12.1 Å². The van der Waals surface area contributed by atoms with Crippen LogP contribution in [0.3, 0.4) is 0 Å². The zero-order valence-electron chi connectivity index (χ0n) is 8.34. The fourth-order valence-electron chi connectivity index (χ4n) is 1.01. The van der Waals surface area contributed by atoms with Crippen LogP contribution in [0, 0.1) is 0 Å². The normalized spacial score (nSPS) is 12.1. The van der Waals surface area contributed by atoms with Crippen molar-refractivity contribution in [1.29, 1.82) is 0 Å². The third-order valence-electron chi connectivity index (χ3n) is 1.47. The molecule has 1 rings (SSSR count). The molecule has 0 heterocycles. The molecule has 0 aromatic heterocycles. The van der Waals surface area contributed by atoms with Gasteiger partial charge in [0.15, 0.2) is 0 Å². The van der Waals surface area contributed by atoms with Crippen molar-refractivity contribution in [3.63, 3.8) is 0 Å². The number of nitrogens with one attached hydrogen (secondary N) is 2. The van der Waals surface area contributed by atoms with Crippen molar-refractivity contribution in [2.45, 2.75) is 0 Å². The summed E-state index contributed by atoms with van der Waals surface area (Å²) in [4.78, 5) is 0. The van der Waals surface area contributed by atoms with Gasteiger partial charge in [0.25, 0.3) is 10.2 Å². The lowest BCUT2D eigenvalue weighted by Crippen LogP contribution is -2.23. The molecule has 0 saturated carbocycles. The summed E-state index contributed by atoms with van der Waals surface area (Å²) in [5.41, 5.74) is 0.175. The summed E-state index contributed by atoms with van der Waals surface area (Å²) in [5, 5.41) is 4.78. The molecule has 0 aliphatic heterocycles. The van der Waals surface area contributed by atoms with Crippen LogP contribution in [-0.4, -0.2) is 23.1 Å². The van der Waals surface area contributed by atoms with Gasteiger partial charge in [-0.25, -0.2) is 13.6 Å². The Bertz CT molecular complexity index is 526. The van der Waals surface area contributed by atoms with Crippen molar-refractivity contribution in [3.8, 4) is 0 Å². The lowest BCUT2D eigenvalue weighted by Gasteiger charge is -2.10. The van der Waals surface area contributed by atoms with Crippen molar-refractivity contribution >= 4 is 31.6 Å². The number of anilines is 2. The quantitative estimate of drug-likeness (QED) is 0.690. The fourth-order valence-corrected chi connectivity index (χ4v) is 2.08. The maximum atomic E-state index is 11.0. The van der Waals surface area contributed by atoms with E-state index in [0.717, 1.165) is 6.26 Å². The van der Waals surface area contributed by atoms with Crippen molar-refractivity contribution in [2.75, 3.05) is 15.7 Å². The predicted octanol–water partition coefficient (Wildman–Crippen LogP) is -0.326. The predicted molar refractivity (Wildman–Crippen MR) is 61.6 cm³/mol. The minimum atomic E-state index is -3.94. The highest BCUT2D eigenvalue weighted by molar-refractivity contribution is 7.92. The first-order chi connectivity index (χ1) is 7.17. The number of hydrogen-bond donors (Lipinski definition) is 3. The van der Waals surface area contributed by atoms with Gasteiger partial charge in [-0.1, -0.05) is 12.1 Å². The monoisotopic (exact) mass is 265 g/mol. The van der Waals surface area contributed by atoms with Gasteiger partial charge in [0.2, 0.25) is 10.0 Å². The van der Waals surface area contributed by atoms with Crippen molar-refractivity contribution < 1.29 is 16.8 Å². The fraction of sp³-hybridized carbons (Fsp3) is 0.143. The Labute approximate surface area is 93.9 Å². The van der Waals surface area contributed by atoms with E-state index in [4.69, 9.17) is 5.14 Å². The molecule has 0 unspecified atom stereocenters. The first-order valence-corrected chi connectivity index (χ1v) is 7.48. The Kier molecular flexibility index (Phi) is 3.41. The van der Waals surface area contributed by atoms with E-state index in [2.05, 4.69) is 4.72 Å². The molecule has 4 N–H and O–H groups in total. The average Bonchev–Trinajstić information content (AvgIpc) is 2.03.